The van der Waals surface area contributed by atoms with Gasteiger partial charge < -0.3 is 10.5 Å². The van der Waals surface area contributed by atoms with Gasteiger partial charge in [0.25, 0.3) is 0 Å². The molecule has 1 saturated heterocycles. The SMILES string of the molecule is COC(=O)CC1CCSCC1N. The normalized spacial score (nSPS) is 29.8. The van der Waals surface area contributed by atoms with E-state index in [1.54, 1.807) is 0 Å². The highest BCUT2D eigenvalue weighted by atomic mass is 32.2. The van der Waals surface area contributed by atoms with E-state index in [0.29, 0.717) is 12.3 Å². The lowest BCUT2D eigenvalue weighted by atomic mass is 9.95. The molecule has 2 unspecified atom stereocenters. The molecule has 0 aromatic heterocycles. The molecule has 0 saturated carbocycles. The van der Waals surface area contributed by atoms with E-state index < -0.39 is 0 Å². The summed E-state index contributed by atoms with van der Waals surface area (Å²) < 4.78 is 4.60. The fourth-order valence-corrected chi connectivity index (χ4v) is 2.54. The van der Waals surface area contributed by atoms with E-state index in [1.807, 2.05) is 11.8 Å². The minimum Gasteiger partial charge on any atom is -0.469 e. The number of methoxy groups -OCH3 is 1. The Bertz CT molecular complexity index is 163. The number of hydrogen-bond donors (Lipinski definition) is 1. The molecule has 4 heteroatoms. The molecule has 0 radical (unpaired) electrons. The molecule has 1 heterocycles. The Hall–Kier alpha value is -0.220. The van der Waals surface area contributed by atoms with Gasteiger partial charge in [-0.3, -0.25) is 4.79 Å². The Kier molecular flexibility index (Phi) is 3.88. The van der Waals surface area contributed by atoms with E-state index in [-0.39, 0.29) is 12.0 Å². The molecule has 2 N–H and O–H groups in total. The largest absolute Gasteiger partial charge is 0.469 e. The molecule has 0 aromatic carbocycles. The summed E-state index contributed by atoms with van der Waals surface area (Å²) in [5, 5.41) is 0. The van der Waals surface area contributed by atoms with Crippen molar-refractivity contribution in [2.75, 3.05) is 18.6 Å². The highest BCUT2D eigenvalue weighted by Gasteiger charge is 2.24. The summed E-state index contributed by atoms with van der Waals surface area (Å²) in [5.41, 5.74) is 5.85. The van der Waals surface area contributed by atoms with Crippen molar-refractivity contribution in [2.45, 2.75) is 18.9 Å². The summed E-state index contributed by atoms with van der Waals surface area (Å²) in [6.07, 6.45) is 1.53. The molecule has 1 aliphatic heterocycles. The van der Waals surface area contributed by atoms with Crippen LogP contribution in [0.15, 0.2) is 0 Å². The highest BCUT2D eigenvalue weighted by Crippen LogP contribution is 2.24. The van der Waals surface area contributed by atoms with Gasteiger partial charge in [-0.15, -0.1) is 0 Å². The zero-order valence-corrected chi connectivity index (χ0v) is 8.10. The lowest BCUT2D eigenvalue weighted by Crippen LogP contribution is -2.37. The summed E-state index contributed by atoms with van der Waals surface area (Å²) in [5.74, 6) is 2.29. The highest BCUT2D eigenvalue weighted by molar-refractivity contribution is 7.99. The molecule has 1 aliphatic rings. The van der Waals surface area contributed by atoms with Crippen LogP contribution in [0, 0.1) is 5.92 Å². The standard InChI is InChI=1S/C8H15NO2S/c1-11-8(10)4-6-2-3-12-5-7(6)9/h6-7H,2-5,9H2,1H3. The quantitative estimate of drug-likeness (QED) is 0.647. The third-order valence-electron chi connectivity index (χ3n) is 2.21. The minimum absolute atomic E-state index is 0.137. The fourth-order valence-electron chi connectivity index (χ4n) is 1.36. The molecule has 2 atom stereocenters. The van der Waals surface area contributed by atoms with Gasteiger partial charge in [0.05, 0.1) is 7.11 Å². The average molecular weight is 189 g/mol. The molecule has 1 fully saturated rings. The van der Waals surface area contributed by atoms with Crippen LogP contribution in [0.3, 0.4) is 0 Å². The number of hydrogen-bond acceptors (Lipinski definition) is 4. The Morgan fingerprint density at radius 2 is 2.50 bits per heavy atom. The topological polar surface area (TPSA) is 52.3 Å². The maximum atomic E-state index is 10.9. The first-order valence-corrected chi connectivity index (χ1v) is 5.29. The smallest absolute Gasteiger partial charge is 0.305 e. The van der Waals surface area contributed by atoms with Crippen LogP contribution in [0.2, 0.25) is 0 Å². The monoisotopic (exact) mass is 189 g/mol. The summed E-state index contributed by atoms with van der Waals surface area (Å²) in [6, 6.07) is 0.169. The number of rotatable bonds is 2. The zero-order valence-electron chi connectivity index (χ0n) is 7.29. The van der Waals surface area contributed by atoms with Gasteiger partial charge in [0.2, 0.25) is 0 Å². The molecular weight excluding hydrogens is 174 g/mol. The van der Waals surface area contributed by atoms with E-state index in [9.17, 15) is 4.79 Å². The number of ether oxygens (including phenoxy) is 1. The molecule has 0 aliphatic carbocycles. The average Bonchev–Trinajstić information content (AvgIpc) is 2.09. The predicted molar refractivity (Wildman–Crippen MR) is 50.0 cm³/mol. The fraction of sp³-hybridized carbons (Fsp3) is 0.875. The first-order valence-electron chi connectivity index (χ1n) is 4.14. The number of thioether (sulfide) groups is 1. The van der Waals surface area contributed by atoms with Crippen LogP contribution in [0.5, 0.6) is 0 Å². The summed E-state index contributed by atoms with van der Waals surface area (Å²) in [6.45, 7) is 0. The molecule has 12 heavy (non-hydrogen) atoms. The molecular formula is C8H15NO2S. The van der Waals surface area contributed by atoms with Crippen molar-refractivity contribution in [3.05, 3.63) is 0 Å². The molecule has 1 rings (SSSR count). The van der Waals surface area contributed by atoms with Crippen LogP contribution >= 0.6 is 11.8 Å². The third kappa shape index (κ3) is 2.68. The molecule has 70 valence electrons. The minimum atomic E-state index is -0.137. The zero-order chi connectivity index (χ0) is 8.97. The number of carbonyl (C=O) groups excluding carboxylic acids is 1. The number of carbonyl (C=O) groups is 1. The van der Waals surface area contributed by atoms with Crippen LogP contribution in [0.25, 0.3) is 0 Å². The lowest BCUT2D eigenvalue weighted by Gasteiger charge is -2.26. The number of esters is 1. The van der Waals surface area contributed by atoms with Gasteiger partial charge in [-0.25, -0.2) is 0 Å². The van der Waals surface area contributed by atoms with Gasteiger partial charge >= 0.3 is 5.97 Å². The van der Waals surface area contributed by atoms with E-state index in [4.69, 9.17) is 5.73 Å². The van der Waals surface area contributed by atoms with E-state index >= 15 is 0 Å². The van der Waals surface area contributed by atoms with Crippen molar-refractivity contribution in [1.82, 2.24) is 0 Å². The van der Waals surface area contributed by atoms with E-state index in [0.717, 1.165) is 17.9 Å². The van der Waals surface area contributed by atoms with Gasteiger partial charge in [0.15, 0.2) is 0 Å². The lowest BCUT2D eigenvalue weighted by molar-refractivity contribution is -0.141. The van der Waals surface area contributed by atoms with Crippen LogP contribution in [0.4, 0.5) is 0 Å². The van der Waals surface area contributed by atoms with Crippen LogP contribution in [0.1, 0.15) is 12.8 Å². The maximum Gasteiger partial charge on any atom is 0.305 e. The van der Waals surface area contributed by atoms with Crippen molar-refractivity contribution in [1.29, 1.82) is 0 Å². The molecule has 0 spiro atoms. The summed E-state index contributed by atoms with van der Waals surface area (Å²) >= 11 is 1.86. The second kappa shape index (κ2) is 4.72. The van der Waals surface area contributed by atoms with Crippen LogP contribution in [-0.4, -0.2) is 30.6 Å². The molecule has 3 nitrogen and oxygen atoms in total. The Morgan fingerprint density at radius 1 is 1.75 bits per heavy atom. The van der Waals surface area contributed by atoms with Gasteiger partial charge in [-0.05, 0) is 18.1 Å². The van der Waals surface area contributed by atoms with Crippen molar-refractivity contribution >= 4 is 17.7 Å². The predicted octanol–water partition coefficient (Wildman–Crippen LogP) is 0.630. The van der Waals surface area contributed by atoms with Gasteiger partial charge in [0.1, 0.15) is 0 Å². The first kappa shape index (κ1) is 9.86. The van der Waals surface area contributed by atoms with Gasteiger partial charge in [-0.2, -0.15) is 11.8 Å². The number of nitrogens with two attached hydrogens (primary N) is 1. The molecule has 0 aromatic rings. The van der Waals surface area contributed by atoms with Crippen LogP contribution in [-0.2, 0) is 9.53 Å². The van der Waals surface area contributed by atoms with E-state index in [2.05, 4.69) is 4.74 Å². The van der Waals surface area contributed by atoms with Gasteiger partial charge in [0, 0.05) is 18.2 Å². The Morgan fingerprint density at radius 3 is 3.08 bits per heavy atom. The second-order valence-electron chi connectivity index (χ2n) is 3.07. The van der Waals surface area contributed by atoms with Crippen LogP contribution < -0.4 is 5.73 Å². The van der Waals surface area contributed by atoms with Gasteiger partial charge in [-0.1, -0.05) is 0 Å². The second-order valence-corrected chi connectivity index (χ2v) is 4.22. The van der Waals surface area contributed by atoms with E-state index in [1.165, 1.54) is 7.11 Å². The van der Waals surface area contributed by atoms with Crippen molar-refractivity contribution in [3.8, 4) is 0 Å². The van der Waals surface area contributed by atoms with Crippen molar-refractivity contribution < 1.29 is 9.53 Å². The first-order chi connectivity index (χ1) is 5.74. The van der Waals surface area contributed by atoms with Crippen molar-refractivity contribution in [2.24, 2.45) is 11.7 Å². The summed E-state index contributed by atoms with van der Waals surface area (Å²) in [4.78, 5) is 10.9. The molecule has 0 bridgehead atoms. The third-order valence-corrected chi connectivity index (χ3v) is 3.35. The summed E-state index contributed by atoms with van der Waals surface area (Å²) in [7, 11) is 1.42. The Labute approximate surface area is 77.0 Å². The maximum absolute atomic E-state index is 10.9. The Balaban J connectivity index is 2.33. The van der Waals surface area contributed by atoms with Crippen molar-refractivity contribution in [3.63, 3.8) is 0 Å². The molecule has 0 amide bonds.